The molecule has 0 aliphatic heterocycles. The van der Waals surface area contributed by atoms with Gasteiger partial charge in [-0.15, -0.1) is 0 Å². The largest absolute Gasteiger partial charge is 0.465 e. The standard InChI is InChI=1S/C13H20N2O3/c1-4-18-8-7-15(2)12-6-5-10(14)9-11(12)13(16)17-3/h5-6,9H,4,7-8,14H2,1-3H3. The highest BCUT2D eigenvalue weighted by Crippen LogP contribution is 2.22. The Kier molecular flexibility index (Phi) is 5.45. The number of benzene rings is 1. The summed E-state index contributed by atoms with van der Waals surface area (Å²) >= 11 is 0. The molecule has 1 aromatic carbocycles. The second kappa shape index (κ2) is 6.86. The Balaban J connectivity index is 2.89. The lowest BCUT2D eigenvalue weighted by Crippen LogP contribution is -2.24. The van der Waals surface area contributed by atoms with Gasteiger partial charge in [-0.2, -0.15) is 0 Å². The van der Waals surface area contributed by atoms with Crippen molar-refractivity contribution in [3.8, 4) is 0 Å². The molecular weight excluding hydrogens is 232 g/mol. The molecule has 0 aliphatic carbocycles. The normalized spacial score (nSPS) is 10.2. The van der Waals surface area contributed by atoms with Gasteiger partial charge in [-0.3, -0.25) is 0 Å². The molecule has 0 saturated heterocycles. The van der Waals surface area contributed by atoms with Crippen molar-refractivity contribution in [2.24, 2.45) is 0 Å². The number of methoxy groups -OCH3 is 1. The summed E-state index contributed by atoms with van der Waals surface area (Å²) in [6.45, 7) is 3.93. The van der Waals surface area contributed by atoms with Gasteiger partial charge >= 0.3 is 5.97 Å². The molecule has 0 atom stereocenters. The van der Waals surface area contributed by atoms with E-state index in [1.54, 1.807) is 12.1 Å². The van der Waals surface area contributed by atoms with E-state index in [1.807, 2.05) is 24.9 Å². The van der Waals surface area contributed by atoms with Crippen molar-refractivity contribution in [2.75, 3.05) is 44.5 Å². The predicted molar refractivity (Wildman–Crippen MR) is 72.0 cm³/mol. The van der Waals surface area contributed by atoms with Crippen molar-refractivity contribution < 1.29 is 14.3 Å². The Bertz CT molecular complexity index is 407. The first-order valence-electron chi connectivity index (χ1n) is 5.86. The van der Waals surface area contributed by atoms with Crippen LogP contribution in [0.25, 0.3) is 0 Å². The zero-order valence-electron chi connectivity index (χ0n) is 11.1. The number of hydrogen-bond donors (Lipinski definition) is 1. The van der Waals surface area contributed by atoms with Crippen molar-refractivity contribution >= 4 is 17.3 Å². The van der Waals surface area contributed by atoms with E-state index >= 15 is 0 Å². The predicted octanol–water partition coefficient (Wildman–Crippen LogP) is 1.53. The number of carbonyl (C=O) groups excluding carboxylic acids is 1. The van der Waals surface area contributed by atoms with E-state index in [9.17, 15) is 4.79 Å². The number of nitrogens with zero attached hydrogens (tertiary/aromatic N) is 1. The van der Waals surface area contributed by atoms with Gasteiger partial charge in [0.1, 0.15) is 0 Å². The van der Waals surface area contributed by atoms with Crippen LogP contribution in [0, 0.1) is 0 Å². The van der Waals surface area contributed by atoms with E-state index in [0.29, 0.717) is 31.0 Å². The molecule has 2 N–H and O–H groups in total. The van der Waals surface area contributed by atoms with E-state index in [0.717, 1.165) is 5.69 Å². The van der Waals surface area contributed by atoms with Gasteiger partial charge in [0.25, 0.3) is 0 Å². The molecular formula is C13H20N2O3. The van der Waals surface area contributed by atoms with Gasteiger partial charge in [-0.05, 0) is 25.1 Å². The Labute approximate surface area is 107 Å². The lowest BCUT2D eigenvalue weighted by Gasteiger charge is -2.21. The highest BCUT2D eigenvalue weighted by Gasteiger charge is 2.15. The van der Waals surface area contributed by atoms with Gasteiger partial charge in [-0.25, -0.2) is 4.79 Å². The molecule has 0 spiro atoms. The third kappa shape index (κ3) is 3.63. The average molecular weight is 252 g/mol. The zero-order chi connectivity index (χ0) is 13.5. The Morgan fingerprint density at radius 1 is 1.44 bits per heavy atom. The van der Waals surface area contributed by atoms with Crippen molar-refractivity contribution in [1.29, 1.82) is 0 Å². The number of carbonyl (C=O) groups is 1. The quantitative estimate of drug-likeness (QED) is 0.472. The summed E-state index contributed by atoms with van der Waals surface area (Å²) in [5.74, 6) is -0.388. The Hall–Kier alpha value is -1.75. The van der Waals surface area contributed by atoms with Crippen molar-refractivity contribution in [3.63, 3.8) is 0 Å². The molecule has 5 nitrogen and oxygen atoms in total. The van der Waals surface area contributed by atoms with Gasteiger partial charge < -0.3 is 20.1 Å². The number of nitrogen functional groups attached to an aromatic ring is 1. The van der Waals surface area contributed by atoms with Gasteiger partial charge in [0.15, 0.2) is 0 Å². The van der Waals surface area contributed by atoms with Crippen LogP contribution < -0.4 is 10.6 Å². The lowest BCUT2D eigenvalue weighted by atomic mass is 10.1. The number of ether oxygens (including phenoxy) is 2. The van der Waals surface area contributed by atoms with Crippen molar-refractivity contribution in [3.05, 3.63) is 23.8 Å². The summed E-state index contributed by atoms with van der Waals surface area (Å²) in [7, 11) is 3.26. The van der Waals surface area contributed by atoms with Crippen LogP contribution >= 0.6 is 0 Å². The highest BCUT2D eigenvalue weighted by atomic mass is 16.5. The van der Waals surface area contributed by atoms with Crippen LogP contribution in [0.2, 0.25) is 0 Å². The van der Waals surface area contributed by atoms with Crippen LogP contribution in [0.15, 0.2) is 18.2 Å². The Morgan fingerprint density at radius 2 is 2.17 bits per heavy atom. The molecule has 0 radical (unpaired) electrons. The molecule has 0 unspecified atom stereocenters. The first kappa shape index (κ1) is 14.3. The average Bonchev–Trinajstić information content (AvgIpc) is 2.37. The molecule has 1 aromatic rings. The lowest BCUT2D eigenvalue weighted by molar-refractivity contribution is 0.0601. The van der Waals surface area contributed by atoms with E-state index in [1.165, 1.54) is 7.11 Å². The molecule has 5 heteroatoms. The van der Waals surface area contributed by atoms with Crippen LogP contribution in [0.3, 0.4) is 0 Å². The molecule has 0 aromatic heterocycles. The smallest absolute Gasteiger partial charge is 0.340 e. The molecule has 0 bridgehead atoms. The minimum absolute atomic E-state index is 0.388. The number of anilines is 2. The third-order valence-corrected chi connectivity index (χ3v) is 2.61. The fourth-order valence-electron chi connectivity index (χ4n) is 1.63. The number of hydrogen-bond acceptors (Lipinski definition) is 5. The number of rotatable bonds is 6. The fraction of sp³-hybridized carbons (Fsp3) is 0.462. The third-order valence-electron chi connectivity index (χ3n) is 2.61. The van der Waals surface area contributed by atoms with Gasteiger partial charge in [0.05, 0.1) is 25.0 Å². The van der Waals surface area contributed by atoms with Gasteiger partial charge in [-0.1, -0.05) is 0 Å². The zero-order valence-corrected chi connectivity index (χ0v) is 11.1. The van der Waals surface area contributed by atoms with Crippen LogP contribution in [0.5, 0.6) is 0 Å². The molecule has 1 rings (SSSR count). The summed E-state index contributed by atoms with van der Waals surface area (Å²) in [4.78, 5) is 13.6. The molecule has 0 heterocycles. The summed E-state index contributed by atoms with van der Waals surface area (Å²) in [5, 5.41) is 0. The van der Waals surface area contributed by atoms with Crippen LogP contribution in [-0.2, 0) is 9.47 Å². The van der Waals surface area contributed by atoms with Gasteiger partial charge in [0.2, 0.25) is 0 Å². The van der Waals surface area contributed by atoms with Crippen LogP contribution in [0.1, 0.15) is 17.3 Å². The molecule has 0 saturated carbocycles. The summed E-state index contributed by atoms with van der Waals surface area (Å²) in [6.07, 6.45) is 0. The Morgan fingerprint density at radius 3 is 2.78 bits per heavy atom. The first-order chi connectivity index (χ1) is 8.60. The van der Waals surface area contributed by atoms with E-state index in [-0.39, 0.29) is 5.97 Å². The number of likely N-dealkylation sites (N-methyl/N-ethyl adjacent to an activating group) is 1. The van der Waals surface area contributed by atoms with E-state index < -0.39 is 0 Å². The topological polar surface area (TPSA) is 64.8 Å². The summed E-state index contributed by atoms with van der Waals surface area (Å²) in [6, 6.07) is 5.20. The first-order valence-corrected chi connectivity index (χ1v) is 5.86. The second-order valence-electron chi connectivity index (χ2n) is 3.89. The van der Waals surface area contributed by atoms with E-state index in [2.05, 4.69) is 0 Å². The number of nitrogens with two attached hydrogens (primary N) is 1. The monoisotopic (exact) mass is 252 g/mol. The SMILES string of the molecule is CCOCCN(C)c1ccc(N)cc1C(=O)OC. The van der Waals surface area contributed by atoms with Gasteiger partial charge in [0, 0.05) is 25.9 Å². The molecule has 100 valence electrons. The van der Waals surface area contributed by atoms with Crippen molar-refractivity contribution in [1.82, 2.24) is 0 Å². The van der Waals surface area contributed by atoms with Crippen LogP contribution in [0.4, 0.5) is 11.4 Å². The van der Waals surface area contributed by atoms with Crippen LogP contribution in [-0.4, -0.2) is 39.9 Å². The number of esters is 1. The minimum Gasteiger partial charge on any atom is -0.465 e. The molecule has 0 fully saturated rings. The molecule has 18 heavy (non-hydrogen) atoms. The maximum Gasteiger partial charge on any atom is 0.340 e. The minimum atomic E-state index is -0.388. The fourth-order valence-corrected chi connectivity index (χ4v) is 1.63. The second-order valence-corrected chi connectivity index (χ2v) is 3.89. The highest BCUT2D eigenvalue weighted by molar-refractivity contribution is 5.96. The van der Waals surface area contributed by atoms with E-state index in [4.69, 9.17) is 15.2 Å². The maximum atomic E-state index is 11.7. The maximum absolute atomic E-state index is 11.7. The molecule has 0 aliphatic rings. The summed E-state index contributed by atoms with van der Waals surface area (Å²) < 4.78 is 10.0. The van der Waals surface area contributed by atoms with Crippen molar-refractivity contribution in [2.45, 2.75) is 6.92 Å². The molecule has 0 amide bonds. The summed E-state index contributed by atoms with van der Waals surface area (Å²) in [5.41, 5.74) is 7.49.